The molecule has 17 heavy (non-hydrogen) atoms. The van der Waals surface area contributed by atoms with Crippen LogP contribution in [-0.2, 0) is 6.18 Å². The highest BCUT2D eigenvalue weighted by Crippen LogP contribution is 2.30. The third-order valence-electron chi connectivity index (χ3n) is 2.82. The van der Waals surface area contributed by atoms with Crippen LogP contribution in [0.4, 0.5) is 19.0 Å². The number of rotatable bonds is 1. The molecule has 2 rings (SSSR count). The second kappa shape index (κ2) is 4.84. The first-order chi connectivity index (χ1) is 7.97. The molecule has 1 fully saturated rings. The standard InChI is InChI=1S/C11H12BrF3N2/c12-9-3-5-17(6-4-9)10-2-1-8(7-16-10)11(13,14)15/h1-2,7,9H,3-6H2. The molecule has 1 aromatic heterocycles. The van der Waals surface area contributed by atoms with Crippen molar-refractivity contribution in [1.29, 1.82) is 0 Å². The zero-order valence-corrected chi connectivity index (χ0v) is 10.6. The lowest BCUT2D eigenvalue weighted by molar-refractivity contribution is -0.137. The number of pyridine rings is 1. The second-order valence-electron chi connectivity index (χ2n) is 4.06. The zero-order valence-electron chi connectivity index (χ0n) is 9.04. The Morgan fingerprint density at radius 3 is 2.35 bits per heavy atom. The number of alkyl halides is 4. The molecule has 0 atom stereocenters. The van der Waals surface area contributed by atoms with E-state index in [0.717, 1.165) is 38.2 Å². The van der Waals surface area contributed by atoms with Crippen molar-refractivity contribution in [2.24, 2.45) is 0 Å². The van der Waals surface area contributed by atoms with Crippen molar-refractivity contribution in [3.05, 3.63) is 23.9 Å². The van der Waals surface area contributed by atoms with Gasteiger partial charge in [0.05, 0.1) is 5.56 Å². The predicted molar refractivity (Wildman–Crippen MR) is 63.4 cm³/mol. The molecule has 0 N–H and O–H groups in total. The molecule has 2 nitrogen and oxygen atoms in total. The highest BCUT2D eigenvalue weighted by atomic mass is 79.9. The van der Waals surface area contributed by atoms with Gasteiger partial charge in [-0.2, -0.15) is 13.2 Å². The first-order valence-corrected chi connectivity index (χ1v) is 6.30. The highest BCUT2D eigenvalue weighted by molar-refractivity contribution is 9.09. The summed E-state index contributed by atoms with van der Waals surface area (Å²) in [6.07, 6.45) is -1.44. The molecule has 1 aliphatic heterocycles. The largest absolute Gasteiger partial charge is 0.417 e. The molecule has 94 valence electrons. The minimum absolute atomic E-state index is 0.508. The van der Waals surface area contributed by atoms with Crippen LogP contribution >= 0.6 is 15.9 Å². The van der Waals surface area contributed by atoms with Crippen LogP contribution in [0.5, 0.6) is 0 Å². The van der Waals surface area contributed by atoms with Crippen LogP contribution in [0.15, 0.2) is 18.3 Å². The van der Waals surface area contributed by atoms with Crippen LogP contribution in [-0.4, -0.2) is 22.9 Å². The minimum Gasteiger partial charge on any atom is -0.357 e. The third kappa shape index (κ3) is 3.12. The minimum atomic E-state index is -4.31. The van der Waals surface area contributed by atoms with Gasteiger partial charge in [0.1, 0.15) is 5.82 Å². The van der Waals surface area contributed by atoms with E-state index in [2.05, 4.69) is 20.9 Å². The van der Waals surface area contributed by atoms with Gasteiger partial charge in [-0.05, 0) is 25.0 Å². The molecule has 2 heterocycles. The topological polar surface area (TPSA) is 16.1 Å². The van der Waals surface area contributed by atoms with E-state index in [0.29, 0.717) is 10.6 Å². The summed E-state index contributed by atoms with van der Waals surface area (Å²) in [4.78, 5) is 6.40. The van der Waals surface area contributed by atoms with E-state index in [1.807, 2.05) is 4.90 Å². The van der Waals surface area contributed by atoms with Gasteiger partial charge >= 0.3 is 6.18 Å². The Morgan fingerprint density at radius 2 is 1.88 bits per heavy atom. The number of piperidine rings is 1. The quantitative estimate of drug-likeness (QED) is 0.739. The fourth-order valence-electron chi connectivity index (χ4n) is 1.82. The van der Waals surface area contributed by atoms with Crippen molar-refractivity contribution in [3.8, 4) is 0 Å². The van der Waals surface area contributed by atoms with Gasteiger partial charge in [-0.1, -0.05) is 15.9 Å². The Kier molecular flexibility index (Phi) is 3.61. The molecule has 6 heteroatoms. The number of nitrogens with zero attached hydrogens (tertiary/aromatic N) is 2. The molecule has 0 radical (unpaired) electrons. The van der Waals surface area contributed by atoms with E-state index in [-0.39, 0.29) is 0 Å². The molecule has 1 aliphatic rings. The maximum Gasteiger partial charge on any atom is 0.417 e. The SMILES string of the molecule is FC(F)(F)c1ccc(N2CCC(Br)CC2)nc1. The van der Waals surface area contributed by atoms with E-state index >= 15 is 0 Å². The van der Waals surface area contributed by atoms with Crippen molar-refractivity contribution in [3.63, 3.8) is 0 Å². The van der Waals surface area contributed by atoms with Crippen molar-refractivity contribution in [2.75, 3.05) is 18.0 Å². The van der Waals surface area contributed by atoms with Gasteiger partial charge in [-0.25, -0.2) is 4.98 Å². The van der Waals surface area contributed by atoms with Crippen LogP contribution in [0.2, 0.25) is 0 Å². The lowest BCUT2D eigenvalue weighted by Crippen LogP contribution is -2.34. The summed E-state index contributed by atoms with van der Waals surface area (Å²) in [5, 5.41) is 0. The van der Waals surface area contributed by atoms with Gasteiger partial charge in [0.2, 0.25) is 0 Å². The Bertz CT molecular complexity index is 369. The van der Waals surface area contributed by atoms with E-state index < -0.39 is 11.7 Å². The Morgan fingerprint density at radius 1 is 1.24 bits per heavy atom. The monoisotopic (exact) mass is 308 g/mol. The van der Waals surface area contributed by atoms with Crippen LogP contribution in [0.25, 0.3) is 0 Å². The summed E-state index contributed by atoms with van der Waals surface area (Å²) in [6.45, 7) is 1.66. The maximum atomic E-state index is 12.4. The molecule has 0 bridgehead atoms. The Labute approximate surface area is 106 Å². The van der Waals surface area contributed by atoms with Crippen molar-refractivity contribution >= 4 is 21.7 Å². The Hall–Kier alpha value is -0.780. The van der Waals surface area contributed by atoms with E-state index in [4.69, 9.17) is 0 Å². The fourth-order valence-corrected chi connectivity index (χ4v) is 2.23. The van der Waals surface area contributed by atoms with Crippen molar-refractivity contribution in [2.45, 2.75) is 23.8 Å². The molecule has 1 aromatic rings. The lowest BCUT2D eigenvalue weighted by Gasteiger charge is -2.30. The summed E-state index contributed by atoms with van der Waals surface area (Å²) in [5.41, 5.74) is -0.698. The van der Waals surface area contributed by atoms with Gasteiger partial charge in [-0.3, -0.25) is 0 Å². The average Bonchev–Trinajstić information content (AvgIpc) is 2.29. The molecule has 0 amide bonds. The van der Waals surface area contributed by atoms with Crippen LogP contribution in [0, 0.1) is 0 Å². The van der Waals surface area contributed by atoms with E-state index in [1.54, 1.807) is 0 Å². The summed E-state index contributed by atoms with van der Waals surface area (Å²) in [7, 11) is 0. The molecular formula is C11H12BrF3N2. The molecule has 0 spiro atoms. The molecule has 0 aromatic carbocycles. The second-order valence-corrected chi connectivity index (χ2v) is 5.36. The number of hydrogen-bond acceptors (Lipinski definition) is 2. The molecular weight excluding hydrogens is 297 g/mol. The zero-order chi connectivity index (χ0) is 12.5. The maximum absolute atomic E-state index is 12.4. The fraction of sp³-hybridized carbons (Fsp3) is 0.545. The highest BCUT2D eigenvalue weighted by Gasteiger charge is 2.31. The summed E-state index contributed by atoms with van der Waals surface area (Å²) < 4.78 is 37.1. The van der Waals surface area contributed by atoms with Crippen molar-refractivity contribution in [1.82, 2.24) is 4.98 Å². The van der Waals surface area contributed by atoms with Gasteiger partial charge in [-0.15, -0.1) is 0 Å². The van der Waals surface area contributed by atoms with Crippen molar-refractivity contribution < 1.29 is 13.2 Å². The average molecular weight is 309 g/mol. The number of halogens is 4. The smallest absolute Gasteiger partial charge is 0.357 e. The van der Waals surface area contributed by atoms with E-state index in [9.17, 15) is 13.2 Å². The molecule has 1 saturated heterocycles. The first-order valence-electron chi connectivity index (χ1n) is 5.39. The molecule has 0 unspecified atom stereocenters. The summed E-state index contributed by atoms with van der Waals surface area (Å²) in [5.74, 6) is 0.623. The van der Waals surface area contributed by atoms with E-state index in [1.165, 1.54) is 6.07 Å². The van der Waals surface area contributed by atoms with Gasteiger partial charge in [0.15, 0.2) is 0 Å². The third-order valence-corrected chi connectivity index (χ3v) is 3.74. The van der Waals surface area contributed by atoms with Gasteiger partial charge in [0, 0.05) is 24.1 Å². The number of hydrogen-bond donors (Lipinski definition) is 0. The predicted octanol–water partition coefficient (Wildman–Crippen LogP) is 3.46. The summed E-state index contributed by atoms with van der Waals surface area (Å²) in [6, 6.07) is 2.53. The Balaban J connectivity index is 2.08. The molecule has 0 aliphatic carbocycles. The van der Waals surface area contributed by atoms with Gasteiger partial charge < -0.3 is 4.90 Å². The number of aromatic nitrogens is 1. The van der Waals surface area contributed by atoms with Gasteiger partial charge in [0.25, 0.3) is 0 Å². The van der Waals surface area contributed by atoms with Crippen LogP contribution < -0.4 is 4.90 Å². The van der Waals surface area contributed by atoms with Crippen LogP contribution in [0.3, 0.4) is 0 Å². The normalized spacial score (nSPS) is 18.5. The van der Waals surface area contributed by atoms with Crippen LogP contribution in [0.1, 0.15) is 18.4 Å². The number of anilines is 1. The summed E-state index contributed by atoms with van der Waals surface area (Å²) >= 11 is 3.53. The lowest BCUT2D eigenvalue weighted by atomic mass is 10.1. The molecule has 0 saturated carbocycles. The first kappa shape index (κ1) is 12.7.